The monoisotopic (exact) mass is 203 g/mol. The van der Waals surface area contributed by atoms with Crippen LogP contribution in [0.5, 0.6) is 0 Å². The Hall–Kier alpha value is -0.870. The third-order valence-electron chi connectivity index (χ3n) is 1.49. The summed E-state index contributed by atoms with van der Waals surface area (Å²) in [6.45, 7) is 0. The molecule has 0 fully saturated rings. The molecule has 0 radical (unpaired) electrons. The summed E-state index contributed by atoms with van der Waals surface area (Å²) in [5.74, 6) is -0.516. The summed E-state index contributed by atoms with van der Waals surface area (Å²) in [6, 6.07) is 2.77. The van der Waals surface area contributed by atoms with Gasteiger partial charge in [-0.1, -0.05) is 22.9 Å². The van der Waals surface area contributed by atoms with E-state index < -0.39 is 5.82 Å². The molecule has 0 aliphatic carbocycles. The van der Waals surface area contributed by atoms with Crippen molar-refractivity contribution in [3.8, 4) is 0 Å². The number of rotatable bonds is 0. The number of aromatic nitrogens is 1. The lowest BCUT2D eigenvalue weighted by Gasteiger charge is -1.92. The van der Waals surface area contributed by atoms with E-state index in [1.165, 1.54) is 12.1 Å². The molecule has 0 saturated carbocycles. The van der Waals surface area contributed by atoms with Crippen molar-refractivity contribution in [2.45, 2.75) is 0 Å². The first-order valence-corrected chi connectivity index (χ1v) is 4.35. The molecule has 0 saturated heterocycles. The zero-order chi connectivity index (χ0) is 8.72. The second-order valence-corrected chi connectivity index (χ2v) is 3.64. The van der Waals surface area contributed by atoms with E-state index in [9.17, 15) is 9.18 Å². The van der Waals surface area contributed by atoms with Crippen molar-refractivity contribution in [3.05, 3.63) is 32.6 Å². The molecular formula is C7H3ClFNOS. The molecular weight excluding hydrogens is 201 g/mol. The average Bonchev–Trinajstić information content (AvgIpc) is 2.39. The number of H-pyrrole nitrogens is 1. The summed E-state index contributed by atoms with van der Waals surface area (Å²) in [7, 11) is 0. The zero-order valence-electron chi connectivity index (χ0n) is 5.73. The number of thiazole rings is 1. The normalized spacial score (nSPS) is 10.8. The highest BCUT2D eigenvalue weighted by molar-refractivity contribution is 7.16. The van der Waals surface area contributed by atoms with Crippen LogP contribution in [-0.4, -0.2) is 4.98 Å². The molecule has 62 valence electrons. The highest BCUT2D eigenvalue weighted by atomic mass is 35.5. The van der Waals surface area contributed by atoms with Crippen LogP contribution < -0.4 is 4.87 Å². The van der Waals surface area contributed by atoms with E-state index in [0.717, 1.165) is 11.3 Å². The third kappa shape index (κ3) is 1.04. The summed E-state index contributed by atoms with van der Waals surface area (Å²) in [6.07, 6.45) is 0. The van der Waals surface area contributed by atoms with Crippen LogP contribution in [0, 0.1) is 5.82 Å². The van der Waals surface area contributed by atoms with Crippen molar-refractivity contribution in [1.29, 1.82) is 0 Å². The van der Waals surface area contributed by atoms with Crippen molar-refractivity contribution in [1.82, 2.24) is 4.98 Å². The summed E-state index contributed by atoms with van der Waals surface area (Å²) < 4.78 is 13.5. The van der Waals surface area contributed by atoms with Crippen molar-refractivity contribution in [3.63, 3.8) is 0 Å². The van der Waals surface area contributed by atoms with Gasteiger partial charge in [0.05, 0.1) is 10.2 Å². The van der Waals surface area contributed by atoms with Crippen molar-refractivity contribution in [2.75, 3.05) is 0 Å². The lowest BCUT2D eigenvalue weighted by Crippen LogP contribution is -1.90. The number of benzene rings is 1. The van der Waals surface area contributed by atoms with Gasteiger partial charge in [-0.15, -0.1) is 0 Å². The van der Waals surface area contributed by atoms with Gasteiger partial charge in [0.15, 0.2) is 0 Å². The second kappa shape index (κ2) is 2.57. The molecule has 1 aromatic carbocycles. The zero-order valence-corrected chi connectivity index (χ0v) is 7.30. The molecule has 1 heterocycles. The molecule has 0 atom stereocenters. The van der Waals surface area contributed by atoms with Gasteiger partial charge in [-0.2, -0.15) is 0 Å². The van der Waals surface area contributed by atoms with E-state index >= 15 is 0 Å². The molecule has 0 amide bonds. The molecule has 1 N–H and O–H groups in total. The van der Waals surface area contributed by atoms with Crippen LogP contribution in [0.4, 0.5) is 4.39 Å². The summed E-state index contributed by atoms with van der Waals surface area (Å²) in [5, 5.41) is -0.0224. The molecule has 5 heteroatoms. The van der Waals surface area contributed by atoms with Crippen LogP contribution in [0.25, 0.3) is 10.2 Å². The lowest BCUT2D eigenvalue weighted by molar-refractivity contribution is 0.630. The average molecular weight is 204 g/mol. The summed E-state index contributed by atoms with van der Waals surface area (Å²) in [5.41, 5.74) is 0.381. The van der Waals surface area contributed by atoms with E-state index in [4.69, 9.17) is 11.6 Å². The van der Waals surface area contributed by atoms with Gasteiger partial charge in [-0.05, 0) is 12.1 Å². The maximum Gasteiger partial charge on any atom is 0.305 e. The molecule has 0 unspecified atom stereocenters. The third-order valence-corrected chi connectivity index (χ3v) is 2.70. The number of halogens is 2. The lowest BCUT2D eigenvalue weighted by atomic mass is 10.3. The minimum atomic E-state index is -0.516. The number of hydrogen-bond donors (Lipinski definition) is 1. The molecule has 2 rings (SSSR count). The Morgan fingerprint density at radius 3 is 3.00 bits per heavy atom. The standard InChI is InChI=1S/C7H3ClFNOS/c8-5-3(9)1-2-4-6(5)10-7(11)12-4/h1-2H,(H,10,11). The highest BCUT2D eigenvalue weighted by Gasteiger charge is 2.07. The van der Waals surface area contributed by atoms with Crippen LogP contribution in [0.1, 0.15) is 0 Å². The van der Waals surface area contributed by atoms with Crippen LogP contribution >= 0.6 is 22.9 Å². The Balaban J connectivity index is 2.99. The van der Waals surface area contributed by atoms with E-state index in [0.29, 0.717) is 10.2 Å². The van der Waals surface area contributed by atoms with Gasteiger partial charge in [0.2, 0.25) is 0 Å². The Morgan fingerprint density at radius 2 is 2.25 bits per heavy atom. The largest absolute Gasteiger partial charge is 0.311 e. The Kier molecular flexibility index (Phi) is 1.66. The van der Waals surface area contributed by atoms with Gasteiger partial charge in [-0.25, -0.2) is 4.39 Å². The number of fused-ring (bicyclic) bond motifs is 1. The molecule has 1 aromatic heterocycles. The molecule has 0 spiro atoms. The van der Waals surface area contributed by atoms with Gasteiger partial charge in [0.25, 0.3) is 0 Å². The van der Waals surface area contributed by atoms with Gasteiger partial charge >= 0.3 is 4.87 Å². The minimum absolute atomic E-state index is 0.0224. The Bertz CT molecular complexity index is 490. The summed E-state index contributed by atoms with van der Waals surface area (Å²) in [4.78, 5) is 13.1. The van der Waals surface area contributed by atoms with E-state index in [2.05, 4.69) is 4.98 Å². The Labute approximate surface area is 75.6 Å². The first kappa shape index (κ1) is 7.76. The van der Waals surface area contributed by atoms with Gasteiger partial charge in [0, 0.05) is 0 Å². The van der Waals surface area contributed by atoms with Crippen molar-refractivity contribution < 1.29 is 4.39 Å². The fraction of sp³-hybridized carbons (Fsp3) is 0. The second-order valence-electron chi connectivity index (χ2n) is 2.25. The SMILES string of the molecule is O=c1[nH]c2c(Cl)c(F)ccc2s1. The maximum atomic E-state index is 12.8. The van der Waals surface area contributed by atoms with Gasteiger partial charge in [-0.3, -0.25) is 4.79 Å². The molecule has 0 bridgehead atoms. The quantitative estimate of drug-likeness (QED) is 0.701. The predicted octanol–water partition coefficient (Wildman–Crippen LogP) is 2.38. The van der Waals surface area contributed by atoms with Gasteiger partial charge in [0.1, 0.15) is 10.8 Å². The first-order valence-electron chi connectivity index (χ1n) is 3.15. The highest BCUT2D eigenvalue weighted by Crippen LogP contribution is 2.25. The van der Waals surface area contributed by atoms with Crippen molar-refractivity contribution in [2.24, 2.45) is 0 Å². The van der Waals surface area contributed by atoms with Crippen LogP contribution in [0.2, 0.25) is 5.02 Å². The van der Waals surface area contributed by atoms with E-state index in [1.54, 1.807) is 0 Å². The molecule has 2 nitrogen and oxygen atoms in total. The number of aromatic amines is 1. The molecule has 0 aliphatic heterocycles. The summed E-state index contributed by atoms with van der Waals surface area (Å²) >= 11 is 6.61. The van der Waals surface area contributed by atoms with Crippen molar-refractivity contribution >= 4 is 33.2 Å². The fourth-order valence-electron chi connectivity index (χ4n) is 0.962. The molecule has 2 aromatic rings. The number of nitrogens with one attached hydrogen (secondary N) is 1. The maximum absolute atomic E-state index is 12.8. The Morgan fingerprint density at radius 1 is 1.50 bits per heavy atom. The van der Waals surface area contributed by atoms with Crippen LogP contribution in [0.15, 0.2) is 16.9 Å². The van der Waals surface area contributed by atoms with Gasteiger partial charge < -0.3 is 4.98 Å². The first-order chi connectivity index (χ1) is 5.68. The van der Waals surface area contributed by atoms with Crippen LogP contribution in [-0.2, 0) is 0 Å². The smallest absolute Gasteiger partial charge is 0.305 e. The van der Waals surface area contributed by atoms with Crippen LogP contribution in [0.3, 0.4) is 0 Å². The molecule has 12 heavy (non-hydrogen) atoms. The minimum Gasteiger partial charge on any atom is -0.311 e. The molecule has 0 aliphatic rings. The topological polar surface area (TPSA) is 32.9 Å². The van der Waals surface area contributed by atoms with E-state index in [-0.39, 0.29) is 9.90 Å². The van der Waals surface area contributed by atoms with E-state index in [1.807, 2.05) is 0 Å². The number of hydrogen-bond acceptors (Lipinski definition) is 2. The fourth-order valence-corrected chi connectivity index (χ4v) is 1.97. The predicted molar refractivity (Wildman–Crippen MR) is 47.4 cm³/mol.